The average Bonchev–Trinajstić information content (AvgIpc) is 3.73. The van der Waals surface area contributed by atoms with Crippen molar-refractivity contribution in [3.05, 3.63) is 149 Å². The van der Waals surface area contributed by atoms with E-state index < -0.39 is 0 Å². The molecule has 0 amide bonds. The Labute approximate surface area is 299 Å². The van der Waals surface area contributed by atoms with E-state index in [2.05, 4.69) is 165 Å². The minimum absolute atomic E-state index is 0.0807. The maximum Gasteiger partial charge on any atom is 0.209 e. The van der Waals surface area contributed by atoms with Crippen molar-refractivity contribution >= 4 is 22.8 Å². The first-order valence-electron chi connectivity index (χ1n) is 18.6. The molecule has 1 aliphatic carbocycles. The Morgan fingerprint density at radius 2 is 1.52 bits per heavy atom. The van der Waals surface area contributed by atoms with Crippen LogP contribution >= 0.6 is 0 Å². The molecule has 0 unspecified atom stereocenters. The average molecular weight is 663 g/mol. The van der Waals surface area contributed by atoms with Gasteiger partial charge >= 0.3 is 0 Å². The fourth-order valence-corrected chi connectivity index (χ4v) is 8.39. The molecule has 4 aromatic rings. The van der Waals surface area contributed by atoms with E-state index in [1.807, 2.05) is 0 Å². The van der Waals surface area contributed by atoms with Crippen LogP contribution in [0.2, 0.25) is 0 Å². The lowest BCUT2D eigenvalue weighted by Gasteiger charge is -2.27. The first-order valence-corrected chi connectivity index (χ1v) is 18.6. The van der Waals surface area contributed by atoms with Gasteiger partial charge in [-0.05, 0) is 73.9 Å². The maximum atomic E-state index is 4.79. The van der Waals surface area contributed by atoms with Crippen LogP contribution in [0.5, 0.6) is 0 Å². The van der Waals surface area contributed by atoms with Crippen LogP contribution in [-0.2, 0) is 17.3 Å². The highest BCUT2D eigenvalue weighted by Gasteiger charge is 2.44. The minimum atomic E-state index is -0.0807. The first kappa shape index (κ1) is 33.7. The summed E-state index contributed by atoms with van der Waals surface area (Å²) >= 11 is 0. The summed E-state index contributed by atoms with van der Waals surface area (Å²) in [4.78, 5) is 2.53. The summed E-state index contributed by atoms with van der Waals surface area (Å²) in [6.07, 6.45) is 17.8. The molecule has 0 saturated heterocycles. The first-order chi connectivity index (χ1) is 24.2. The third kappa shape index (κ3) is 6.12. The molecule has 5 heteroatoms. The number of benzene rings is 3. The summed E-state index contributed by atoms with van der Waals surface area (Å²) in [5, 5.41) is 9.49. The van der Waals surface area contributed by atoms with E-state index in [1.165, 1.54) is 56.3 Å². The van der Waals surface area contributed by atoms with E-state index in [-0.39, 0.29) is 10.8 Å². The van der Waals surface area contributed by atoms with E-state index in [9.17, 15) is 0 Å². The largest absolute Gasteiger partial charge is 0.344 e. The van der Waals surface area contributed by atoms with E-state index >= 15 is 0 Å². The lowest BCUT2D eigenvalue weighted by Crippen LogP contribution is -2.28. The van der Waals surface area contributed by atoms with Gasteiger partial charge in [-0.1, -0.05) is 112 Å². The monoisotopic (exact) mass is 662 g/mol. The normalized spacial score (nSPS) is 19.7. The van der Waals surface area contributed by atoms with E-state index in [0.29, 0.717) is 0 Å². The van der Waals surface area contributed by atoms with Crippen LogP contribution in [-0.4, -0.2) is 38.4 Å². The minimum Gasteiger partial charge on any atom is -0.344 e. The topological polar surface area (TPSA) is 37.0 Å². The van der Waals surface area contributed by atoms with Gasteiger partial charge in [-0.15, -0.1) is 5.10 Å². The molecule has 2 aliphatic heterocycles. The number of fused-ring (bicyclic) bond motifs is 2. The lowest BCUT2D eigenvalue weighted by molar-refractivity contribution is -0.437. The quantitative estimate of drug-likeness (QED) is 0.159. The van der Waals surface area contributed by atoms with Gasteiger partial charge in [-0.2, -0.15) is 4.58 Å². The van der Waals surface area contributed by atoms with Gasteiger partial charge in [0.05, 0.1) is 23.0 Å². The van der Waals surface area contributed by atoms with Gasteiger partial charge in [0.2, 0.25) is 5.69 Å². The summed E-state index contributed by atoms with van der Waals surface area (Å²) in [6, 6.07) is 28.4. The number of nitrogens with zero attached hydrogens (tertiary/aromatic N) is 5. The van der Waals surface area contributed by atoms with Gasteiger partial charge in [0.1, 0.15) is 6.54 Å². The molecule has 5 nitrogen and oxygen atoms in total. The fourth-order valence-electron chi connectivity index (χ4n) is 8.39. The van der Waals surface area contributed by atoms with Crippen LogP contribution in [0.4, 0.5) is 11.4 Å². The predicted octanol–water partition coefficient (Wildman–Crippen LogP) is 10.3. The van der Waals surface area contributed by atoms with E-state index in [0.717, 1.165) is 57.3 Å². The summed E-state index contributed by atoms with van der Waals surface area (Å²) in [7, 11) is 0. The van der Waals surface area contributed by atoms with Crippen LogP contribution < -0.4 is 4.90 Å². The smallest absolute Gasteiger partial charge is 0.209 e. The van der Waals surface area contributed by atoms with Crippen LogP contribution in [0.1, 0.15) is 96.0 Å². The molecule has 0 bridgehead atoms. The number of hydrogen-bond donors (Lipinski definition) is 0. The van der Waals surface area contributed by atoms with Crippen LogP contribution in [0.3, 0.4) is 0 Å². The maximum absolute atomic E-state index is 4.79. The highest BCUT2D eigenvalue weighted by atomic mass is 15.4. The SMILES string of the molecule is CCCN1/C(=C/C=C2\CCCC(/C=C/C3=[N+](CCC)c4ccccc4C3(C)C)=C2n2cc(Cc3ccccc3)nn2)C(C)(C)c2ccccc21. The van der Waals surface area contributed by atoms with Crippen molar-refractivity contribution in [2.45, 2.75) is 90.9 Å². The Bertz CT molecular complexity index is 2030. The second-order valence-corrected chi connectivity index (χ2v) is 15.1. The molecule has 50 heavy (non-hydrogen) atoms. The number of rotatable bonds is 10. The van der Waals surface area contributed by atoms with Crippen molar-refractivity contribution in [1.29, 1.82) is 0 Å². The molecule has 256 valence electrons. The molecule has 3 aliphatic rings. The van der Waals surface area contributed by atoms with Crippen molar-refractivity contribution in [3.63, 3.8) is 0 Å². The van der Waals surface area contributed by atoms with Crippen molar-refractivity contribution in [3.8, 4) is 0 Å². The second-order valence-electron chi connectivity index (χ2n) is 15.1. The van der Waals surface area contributed by atoms with Crippen molar-refractivity contribution < 1.29 is 4.58 Å². The van der Waals surface area contributed by atoms with Gasteiger partial charge in [0, 0.05) is 53.9 Å². The zero-order valence-corrected chi connectivity index (χ0v) is 30.8. The molecule has 0 radical (unpaired) electrons. The Kier molecular flexibility index (Phi) is 9.34. The Morgan fingerprint density at radius 1 is 0.780 bits per heavy atom. The molecule has 0 atom stereocenters. The standard InChI is InChI=1S/C45H52N5/c1-7-29-48-39-23-14-12-21-37(39)44(3,4)41(48)27-25-34-19-16-20-35(43(34)50-32-36(46-47-50)31-33-17-10-9-11-18-33)26-28-42-45(5,6)38-22-13-15-24-40(38)49(42)30-8-2/h9-15,17-18,21-28,32H,7-8,16,19-20,29-31H2,1-6H3/q+1. The van der Waals surface area contributed by atoms with E-state index in [4.69, 9.17) is 10.3 Å². The number of para-hydroxylation sites is 2. The highest BCUT2D eigenvalue weighted by Crippen LogP contribution is 2.48. The van der Waals surface area contributed by atoms with Crippen LogP contribution in [0, 0.1) is 0 Å². The molecule has 0 fully saturated rings. The van der Waals surface area contributed by atoms with Gasteiger partial charge < -0.3 is 4.90 Å². The predicted molar refractivity (Wildman–Crippen MR) is 208 cm³/mol. The Hall–Kier alpha value is -4.77. The zero-order chi connectivity index (χ0) is 34.9. The summed E-state index contributed by atoms with van der Waals surface area (Å²) < 4.78 is 4.59. The molecular formula is C45H52N5+. The van der Waals surface area contributed by atoms with Crippen LogP contribution in [0.15, 0.2) is 126 Å². The lowest BCUT2D eigenvalue weighted by atomic mass is 9.81. The third-order valence-electron chi connectivity index (χ3n) is 10.9. The van der Waals surface area contributed by atoms with E-state index in [1.54, 1.807) is 0 Å². The summed E-state index contributed by atoms with van der Waals surface area (Å²) in [5.41, 5.74) is 14.0. The molecule has 0 spiro atoms. The molecule has 0 saturated carbocycles. The van der Waals surface area contributed by atoms with Crippen molar-refractivity contribution in [1.82, 2.24) is 15.0 Å². The summed E-state index contributed by atoms with van der Waals surface area (Å²) in [5.74, 6) is 0. The van der Waals surface area contributed by atoms with Crippen molar-refractivity contribution in [2.75, 3.05) is 18.0 Å². The highest BCUT2D eigenvalue weighted by molar-refractivity contribution is 6.03. The summed E-state index contributed by atoms with van der Waals surface area (Å²) in [6.45, 7) is 16.0. The van der Waals surface area contributed by atoms with Gasteiger partial charge in [0.25, 0.3) is 0 Å². The zero-order valence-electron chi connectivity index (χ0n) is 30.8. The molecular weight excluding hydrogens is 611 g/mol. The molecule has 3 heterocycles. The number of hydrogen-bond acceptors (Lipinski definition) is 3. The van der Waals surface area contributed by atoms with Crippen molar-refractivity contribution in [2.24, 2.45) is 0 Å². The Morgan fingerprint density at radius 3 is 2.30 bits per heavy atom. The fraction of sp³-hybridized carbons (Fsp3) is 0.356. The third-order valence-corrected chi connectivity index (χ3v) is 10.9. The number of anilines is 1. The van der Waals surface area contributed by atoms with Crippen LogP contribution in [0.25, 0.3) is 5.70 Å². The molecule has 7 rings (SSSR count). The number of allylic oxidation sites excluding steroid dienone is 8. The molecule has 3 aromatic carbocycles. The number of aromatic nitrogens is 3. The molecule has 1 aromatic heterocycles. The Balaban J connectivity index is 1.34. The second kappa shape index (κ2) is 13.9. The van der Waals surface area contributed by atoms with Gasteiger partial charge in [-0.3, -0.25) is 0 Å². The van der Waals surface area contributed by atoms with Gasteiger partial charge in [0.15, 0.2) is 5.71 Å². The van der Waals surface area contributed by atoms with Gasteiger partial charge in [-0.25, -0.2) is 4.68 Å². The molecule has 0 N–H and O–H groups in total.